The predicted molar refractivity (Wildman–Crippen MR) is 129 cm³/mol. The second kappa shape index (κ2) is 7.33. The first-order valence-corrected chi connectivity index (χ1v) is 11.7. The van der Waals surface area contributed by atoms with Crippen LogP contribution >= 0.6 is 0 Å². The van der Waals surface area contributed by atoms with Gasteiger partial charge < -0.3 is 4.90 Å². The van der Waals surface area contributed by atoms with E-state index < -0.39 is 0 Å². The van der Waals surface area contributed by atoms with Gasteiger partial charge >= 0.3 is 0 Å². The van der Waals surface area contributed by atoms with E-state index in [4.69, 9.17) is 5.10 Å². The Balaban J connectivity index is 1.58. The smallest absolute Gasteiger partial charge is 0.272 e. The molecule has 2 heterocycles. The zero-order valence-corrected chi connectivity index (χ0v) is 19.9. The Morgan fingerprint density at radius 2 is 1.72 bits per heavy atom. The number of carbonyl (C=O) groups is 1. The molecule has 4 heteroatoms. The van der Waals surface area contributed by atoms with E-state index in [2.05, 4.69) is 57.7 Å². The number of fused-ring (bicyclic) bond motifs is 2. The van der Waals surface area contributed by atoms with Gasteiger partial charge in [0, 0.05) is 18.2 Å². The molecule has 0 unspecified atom stereocenters. The average molecular weight is 428 g/mol. The maximum absolute atomic E-state index is 14.0. The van der Waals surface area contributed by atoms with Gasteiger partial charge in [0.15, 0.2) is 0 Å². The highest BCUT2D eigenvalue weighted by atomic mass is 16.2. The van der Waals surface area contributed by atoms with E-state index in [-0.39, 0.29) is 16.7 Å². The van der Waals surface area contributed by atoms with Gasteiger partial charge in [0.2, 0.25) is 0 Å². The largest absolute Gasteiger partial charge is 0.334 e. The summed E-state index contributed by atoms with van der Waals surface area (Å²) in [5.41, 5.74) is 6.42. The number of carbonyl (C=O) groups excluding carboxylic acids is 1. The van der Waals surface area contributed by atoms with Gasteiger partial charge in [0.05, 0.1) is 11.4 Å². The SMILES string of the molecule is Cc1ccc(-c2cc(C(=O)N3C[C@]4(C)C[C@H]3CC(C)(C)C4)n(-c3ccccc3)n2)cc1C. The lowest BCUT2D eigenvalue weighted by Gasteiger charge is -2.39. The van der Waals surface area contributed by atoms with Crippen molar-refractivity contribution in [3.05, 3.63) is 71.4 Å². The molecule has 1 aromatic heterocycles. The molecular weight excluding hydrogens is 394 g/mol. The lowest BCUT2D eigenvalue weighted by molar-refractivity contribution is 0.0699. The van der Waals surface area contributed by atoms with Gasteiger partial charge in [0.1, 0.15) is 5.69 Å². The number of rotatable bonds is 3. The van der Waals surface area contributed by atoms with Crippen molar-refractivity contribution in [2.45, 2.75) is 59.9 Å². The van der Waals surface area contributed by atoms with Crippen LogP contribution in [0, 0.1) is 24.7 Å². The van der Waals surface area contributed by atoms with Crippen LogP contribution in [-0.2, 0) is 0 Å². The predicted octanol–water partition coefficient (Wildman–Crippen LogP) is 6.20. The minimum Gasteiger partial charge on any atom is -0.334 e. The summed E-state index contributed by atoms with van der Waals surface area (Å²) < 4.78 is 1.84. The van der Waals surface area contributed by atoms with E-state index in [0.29, 0.717) is 11.7 Å². The van der Waals surface area contributed by atoms with Crippen LogP contribution in [0.4, 0.5) is 0 Å². The topological polar surface area (TPSA) is 38.1 Å². The summed E-state index contributed by atoms with van der Waals surface area (Å²) in [5.74, 6) is 0.0999. The molecule has 1 saturated heterocycles. The highest BCUT2D eigenvalue weighted by Gasteiger charge is 2.51. The molecule has 0 spiro atoms. The molecule has 2 aliphatic rings. The summed E-state index contributed by atoms with van der Waals surface area (Å²) in [6.45, 7) is 12.1. The Morgan fingerprint density at radius 1 is 0.969 bits per heavy atom. The molecule has 1 saturated carbocycles. The first kappa shape index (κ1) is 21.0. The quantitative estimate of drug-likeness (QED) is 0.499. The zero-order chi connectivity index (χ0) is 22.7. The number of para-hydroxylation sites is 1. The van der Waals surface area contributed by atoms with Crippen LogP contribution in [0.3, 0.4) is 0 Å². The molecule has 1 aliphatic heterocycles. The Labute approximate surface area is 191 Å². The van der Waals surface area contributed by atoms with Crippen LogP contribution < -0.4 is 0 Å². The maximum atomic E-state index is 14.0. The van der Waals surface area contributed by atoms with E-state index >= 15 is 0 Å². The van der Waals surface area contributed by atoms with Crippen molar-refractivity contribution in [3.63, 3.8) is 0 Å². The highest BCUT2D eigenvalue weighted by molar-refractivity contribution is 5.95. The molecule has 1 amide bonds. The van der Waals surface area contributed by atoms with E-state index in [0.717, 1.165) is 36.3 Å². The molecular formula is C28H33N3O. The molecule has 2 bridgehead atoms. The summed E-state index contributed by atoms with van der Waals surface area (Å²) >= 11 is 0. The number of aryl methyl sites for hydroxylation is 2. The van der Waals surface area contributed by atoms with E-state index in [1.165, 1.54) is 17.5 Å². The van der Waals surface area contributed by atoms with Crippen molar-refractivity contribution in [1.82, 2.24) is 14.7 Å². The summed E-state index contributed by atoms with van der Waals surface area (Å²) in [6, 6.07) is 18.7. The fourth-order valence-corrected chi connectivity index (χ4v) is 6.19. The standard InChI is InChI=1S/C28H33N3O/c1-19-11-12-21(13-20(19)2)24-14-25(31(29-24)22-9-7-6-8-10-22)26(32)30-18-28(5)16-23(30)15-27(3,4)17-28/h6-14,23H,15-18H2,1-5H3/t23-,28-/m1/s1. The van der Waals surface area contributed by atoms with Crippen LogP contribution in [-0.4, -0.2) is 33.2 Å². The van der Waals surface area contributed by atoms with Crippen molar-refractivity contribution in [3.8, 4) is 16.9 Å². The Kier molecular flexibility index (Phi) is 4.81. The summed E-state index contributed by atoms with van der Waals surface area (Å²) in [4.78, 5) is 16.1. The molecule has 0 radical (unpaired) electrons. The van der Waals surface area contributed by atoms with Crippen LogP contribution in [0.25, 0.3) is 16.9 Å². The average Bonchev–Trinajstić information content (AvgIpc) is 3.28. The third kappa shape index (κ3) is 3.66. The molecule has 166 valence electrons. The molecule has 2 fully saturated rings. The van der Waals surface area contributed by atoms with Gasteiger partial charge in [-0.1, -0.05) is 51.1 Å². The molecule has 4 nitrogen and oxygen atoms in total. The maximum Gasteiger partial charge on any atom is 0.272 e. The van der Waals surface area contributed by atoms with Crippen molar-refractivity contribution in [1.29, 1.82) is 0 Å². The Bertz CT molecular complexity index is 1180. The van der Waals surface area contributed by atoms with Crippen LogP contribution in [0.2, 0.25) is 0 Å². The lowest BCUT2D eigenvalue weighted by atomic mass is 9.65. The molecule has 32 heavy (non-hydrogen) atoms. The Hall–Kier alpha value is -2.88. The molecule has 2 aromatic carbocycles. The number of benzene rings is 2. The van der Waals surface area contributed by atoms with Crippen molar-refractivity contribution in [2.24, 2.45) is 10.8 Å². The highest BCUT2D eigenvalue weighted by Crippen LogP contribution is 2.52. The van der Waals surface area contributed by atoms with Crippen LogP contribution in [0.1, 0.15) is 61.6 Å². The number of nitrogens with zero attached hydrogens (tertiary/aromatic N) is 3. The molecule has 2 atom stereocenters. The van der Waals surface area contributed by atoms with E-state index in [1.54, 1.807) is 0 Å². The van der Waals surface area contributed by atoms with Crippen molar-refractivity contribution >= 4 is 5.91 Å². The molecule has 1 aliphatic carbocycles. The number of aromatic nitrogens is 2. The fraction of sp³-hybridized carbons (Fsp3) is 0.429. The van der Waals surface area contributed by atoms with Crippen molar-refractivity contribution in [2.75, 3.05) is 6.54 Å². The van der Waals surface area contributed by atoms with Gasteiger partial charge in [0.25, 0.3) is 5.91 Å². The lowest BCUT2D eigenvalue weighted by Crippen LogP contribution is -2.38. The van der Waals surface area contributed by atoms with Gasteiger partial charge in [-0.05, 0) is 79.3 Å². The second-order valence-corrected chi connectivity index (χ2v) is 11.1. The monoisotopic (exact) mass is 427 g/mol. The second-order valence-electron chi connectivity index (χ2n) is 11.1. The van der Waals surface area contributed by atoms with Crippen LogP contribution in [0.15, 0.2) is 54.6 Å². The number of amides is 1. The first-order chi connectivity index (χ1) is 15.1. The number of hydrogen-bond donors (Lipinski definition) is 0. The third-order valence-corrected chi connectivity index (χ3v) is 7.41. The Morgan fingerprint density at radius 3 is 2.44 bits per heavy atom. The van der Waals surface area contributed by atoms with Crippen molar-refractivity contribution < 1.29 is 4.79 Å². The molecule has 5 rings (SSSR count). The van der Waals surface area contributed by atoms with Gasteiger partial charge in [-0.15, -0.1) is 0 Å². The number of likely N-dealkylation sites (tertiary alicyclic amines) is 1. The van der Waals surface area contributed by atoms with E-state index in [1.807, 2.05) is 41.1 Å². The van der Waals surface area contributed by atoms with Gasteiger partial charge in [-0.3, -0.25) is 4.79 Å². The zero-order valence-electron chi connectivity index (χ0n) is 19.9. The summed E-state index contributed by atoms with van der Waals surface area (Å²) in [5, 5.41) is 4.91. The van der Waals surface area contributed by atoms with Gasteiger partial charge in [-0.25, -0.2) is 4.68 Å². The normalized spacial score (nSPS) is 24.0. The first-order valence-electron chi connectivity index (χ1n) is 11.7. The summed E-state index contributed by atoms with van der Waals surface area (Å²) in [6.07, 6.45) is 3.34. The number of hydrogen-bond acceptors (Lipinski definition) is 2. The van der Waals surface area contributed by atoms with E-state index in [9.17, 15) is 4.79 Å². The minimum atomic E-state index is 0.0999. The fourth-order valence-electron chi connectivity index (χ4n) is 6.19. The molecule has 3 aromatic rings. The molecule has 0 N–H and O–H groups in total. The minimum absolute atomic E-state index is 0.0999. The van der Waals surface area contributed by atoms with Gasteiger partial charge in [-0.2, -0.15) is 5.10 Å². The van der Waals surface area contributed by atoms with Crippen LogP contribution in [0.5, 0.6) is 0 Å². The summed E-state index contributed by atoms with van der Waals surface area (Å²) in [7, 11) is 0. The third-order valence-electron chi connectivity index (χ3n) is 7.41.